The molecule has 1 aromatic carbocycles. The Bertz CT molecular complexity index is 548. The van der Waals surface area contributed by atoms with Crippen molar-refractivity contribution in [1.82, 2.24) is 15.2 Å². The van der Waals surface area contributed by atoms with Gasteiger partial charge >= 0.3 is 0 Å². The van der Waals surface area contributed by atoms with Crippen molar-refractivity contribution in [3.8, 4) is 0 Å². The fourth-order valence-electron chi connectivity index (χ4n) is 1.46. The molecule has 0 aliphatic rings. The molecule has 0 atom stereocenters. The predicted molar refractivity (Wildman–Crippen MR) is 80.6 cm³/mol. The third-order valence-corrected chi connectivity index (χ3v) is 2.69. The van der Waals surface area contributed by atoms with Gasteiger partial charge < -0.3 is 10.6 Å². The average Bonchev–Trinajstić information content (AvgIpc) is 2.30. The Morgan fingerprint density at radius 2 is 1.79 bits per heavy atom. The SMILES string of the molecule is CC(C)(C)Nc1cnnc(Nc2ccc(Br)cc2)n1. The molecule has 0 spiro atoms. The zero-order valence-electron chi connectivity index (χ0n) is 11.1. The van der Waals surface area contributed by atoms with E-state index in [9.17, 15) is 0 Å². The minimum atomic E-state index is -0.0646. The van der Waals surface area contributed by atoms with Gasteiger partial charge in [0.1, 0.15) is 0 Å². The van der Waals surface area contributed by atoms with Crippen molar-refractivity contribution in [1.29, 1.82) is 0 Å². The molecule has 0 fully saturated rings. The van der Waals surface area contributed by atoms with Crippen LogP contribution in [-0.2, 0) is 0 Å². The number of nitrogens with one attached hydrogen (secondary N) is 2. The third kappa shape index (κ3) is 4.48. The summed E-state index contributed by atoms with van der Waals surface area (Å²) in [6, 6.07) is 7.79. The summed E-state index contributed by atoms with van der Waals surface area (Å²) in [5.41, 5.74) is 0.850. The first kappa shape index (κ1) is 13.7. The summed E-state index contributed by atoms with van der Waals surface area (Å²) in [5, 5.41) is 14.3. The Morgan fingerprint density at radius 1 is 1.11 bits per heavy atom. The van der Waals surface area contributed by atoms with Crippen LogP contribution >= 0.6 is 15.9 Å². The number of aromatic nitrogens is 3. The van der Waals surface area contributed by atoms with Crippen molar-refractivity contribution in [2.75, 3.05) is 10.6 Å². The zero-order chi connectivity index (χ0) is 13.9. The van der Waals surface area contributed by atoms with E-state index in [0.717, 1.165) is 10.2 Å². The van der Waals surface area contributed by atoms with E-state index in [4.69, 9.17) is 0 Å². The molecule has 0 amide bonds. The minimum Gasteiger partial charge on any atom is -0.364 e. The molecule has 19 heavy (non-hydrogen) atoms. The van der Waals surface area contributed by atoms with Gasteiger partial charge in [-0.1, -0.05) is 15.9 Å². The monoisotopic (exact) mass is 321 g/mol. The number of hydrogen-bond donors (Lipinski definition) is 2. The summed E-state index contributed by atoms with van der Waals surface area (Å²) in [7, 11) is 0. The van der Waals surface area contributed by atoms with Crippen LogP contribution in [0.5, 0.6) is 0 Å². The van der Waals surface area contributed by atoms with Crippen LogP contribution in [0.1, 0.15) is 20.8 Å². The second-order valence-electron chi connectivity index (χ2n) is 5.17. The number of halogens is 1. The third-order valence-electron chi connectivity index (χ3n) is 2.16. The summed E-state index contributed by atoms with van der Waals surface area (Å²) in [4.78, 5) is 4.37. The van der Waals surface area contributed by atoms with Gasteiger partial charge in [-0.15, -0.1) is 5.10 Å². The zero-order valence-corrected chi connectivity index (χ0v) is 12.7. The molecule has 2 rings (SSSR count). The maximum atomic E-state index is 4.37. The topological polar surface area (TPSA) is 62.7 Å². The Morgan fingerprint density at radius 3 is 2.42 bits per heavy atom. The van der Waals surface area contributed by atoms with Gasteiger partial charge in [-0.05, 0) is 45.0 Å². The highest BCUT2D eigenvalue weighted by molar-refractivity contribution is 9.10. The van der Waals surface area contributed by atoms with Crippen LogP contribution in [0.3, 0.4) is 0 Å². The van der Waals surface area contributed by atoms with Crippen molar-refractivity contribution in [3.63, 3.8) is 0 Å². The van der Waals surface area contributed by atoms with Crippen molar-refractivity contribution in [3.05, 3.63) is 34.9 Å². The van der Waals surface area contributed by atoms with Gasteiger partial charge in [0.15, 0.2) is 5.82 Å². The van der Waals surface area contributed by atoms with Gasteiger partial charge in [0, 0.05) is 15.7 Å². The van der Waals surface area contributed by atoms with Gasteiger partial charge in [0.2, 0.25) is 5.95 Å². The lowest BCUT2D eigenvalue weighted by Gasteiger charge is -2.20. The van der Waals surface area contributed by atoms with E-state index in [-0.39, 0.29) is 5.54 Å². The highest BCUT2D eigenvalue weighted by Crippen LogP contribution is 2.18. The first-order valence-electron chi connectivity index (χ1n) is 5.93. The molecule has 0 bridgehead atoms. The Hall–Kier alpha value is -1.69. The van der Waals surface area contributed by atoms with Crippen molar-refractivity contribution >= 4 is 33.4 Å². The second-order valence-corrected chi connectivity index (χ2v) is 6.09. The maximum Gasteiger partial charge on any atom is 0.249 e. The lowest BCUT2D eigenvalue weighted by atomic mass is 10.1. The molecular weight excluding hydrogens is 306 g/mol. The molecule has 0 saturated carbocycles. The van der Waals surface area contributed by atoms with Crippen LogP contribution in [0, 0.1) is 0 Å². The number of anilines is 3. The highest BCUT2D eigenvalue weighted by atomic mass is 79.9. The summed E-state index contributed by atoms with van der Waals surface area (Å²) in [5.74, 6) is 1.17. The highest BCUT2D eigenvalue weighted by Gasteiger charge is 2.11. The van der Waals surface area contributed by atoms with Gasteiger partial charge in [0.05, 0.1) is 6.20 Å². The quantitative estimate of drug-likeness (QED) is 0.904. The molecule has 6 heteroatoms. The largest absolute Gasteiger partial charge is 0.364 e. The van der Waals surface area contributed by atoms with E-state index < -0.39 is 0 Å². The van der Waals surface area contributed by atoms with Crippen LogP contribution < -0.4 is 10.6 Å². The molecular formula is C13H16BrN5. The predicted octanol–water partition coefficient (Wildman–Crippen LogP) is 3.59. The van der Waals surface area contributed by atoms with Gasteiger partial charge in [-0.25, -0.2) is 0 Å². The fraction of sp³-hybridized carbons (Fsp3) is 0.308. The van der Waals surface area contributed by atoms with Crippen LogP contribution in [-0.4, -0.2) is 20.7 Å². The van der Waals surface area contributed by atoms with E-state index >= 15 is 0 Å². The Kier molecular flexibility index (Phi) is 3.99. The fourth-order valence-corrected chi connectivity index (χ4v) is 1.73. The van der Waals surface area contributed by atoms with Crippen LogP contribution in [0.2, 0.25) is 0 Å². The van der Waals surface area contributed by atoms with E-state index in [1.165, 1.54) is 0 Å². The molecule has 0 radical (unpaired) electrons. The summed E-state index contributed by atoms with van der Waals surface area (Å²) < 4.78 is 1.03. The molecule has 1 aromatic heterocycles. The molecule has 1 heterocycles. The number of nitrogens with zero attached hydrogens (tertiary/aromatic N) is 3. The van der Waals surface area contributed by atoms with Gasteiger partial charge in [0.25, 0.3) is 0 Å². The summed E-state index contributed by atoms with van der Waals surface area (Å²) in [6.07, 6.45) is 1.61. The smallest absolute Gasteiger partial charge is 0.249 e. The number of rotatable bonds is 3. The molecule has 0 aliphatic carbocycles. The van der Waals surface area contributed by atoms with Gasteiger partial charge in [-0.3, -0.25) is 0 Å². The maximum absolute atomic E-state index is 4.37. The van der Waals surface area contributed by atoms with E-state index in [1.807, 2.05) is 24.3 Å². The first-order chi connectivity index (χ1) is 8.92. The van der Waals surface area contributed by atoms with Crippen molar-refractivity contribution in [2.45, 2.75) is 26.3 Å². The molecule has 0 aliphatic heterocycles. The van der Waals surface area contributed by atoms with Crippen LogP contribution in [0.25, 0.3) is 0 Å². The number of hydrogen-bond acceptors (Lipinski definition) is 5. The minimum absolute atomic E-state index is 0.0646. The molecule has 0 saturated heterocycles. The average molecular weight is 322 g/mol. The lowest BCUT2D eigenvalue weighted by molar-refractivity contribution is 0.629. The second kappa shape index (κ2) is 5.52. The Labute approximate surface area is 121 Å². The Balaban J connectivity index is 2.13. The van der Waals surface area contributed by atoms with E-state index in [0.29, 0.717) is 11.8 Å². The van der Waals surface area contributed by atoms with Crippen LogP contribution in [0.15, 0.2) is 34.9 Å². The molecule has 2 N–H and O–H groups in total. The molecule has 2 aromatic rings. The normalized spacial score (nSPS) is 11.2. The van der Waals surface area contributed by atoms with Crippen molar-refractivity contribution < 1.29 is 0 Å². The van der Waals surface area contributed by atoms with E-state index in [2.05, 4.69) is 62.5 Å². The van der Waals surface area contributed by atoms with Crippen LogP contribution in [0.4, 0.5) is 17.5 Å². The summed E-state index contributed by atoms with van der Waals surface area (Å²) in [6.45, 7) is 6.20. The molecule has 5 nitrogen and oxygen atoms in total. The first-order valence-corrected chi connectivity index (χ1v) is 6.72. The molecule has 100 valence electrons. The van der Waals surface area contributed by atoms with Crippen molar-refractivity contribution in [2.24, 2.45) is 0 Å². The van der Waals surface area contributed by atoms with E-state index in [1.54, 1.807) is 6.20 Å². The lowest BCUT2D eigenvalue weighted by Crippen LogP contribution is -2.27. The van der Waals surface area contributed by atoms with Gasteiger partial charge in [-0.2, -0.15) is 10.1 Å². The molecule has 0 unspecified atom stereocenters. The summed E-state index contributed by atoms with van der Waals surface area (Å²) >= 11 is 3.39. The number of benzene rings is 1. The standard InChI is InChI=1S/C13H16BrN5/c1-13(2,3)18-11-8-15-19-12(17-11)16-10-6-4-9(14)5-7-10/h4-8H,1-3H3,(H2,16,17,18,19).